The number of rotatable bonds is 5. The van der Waals surface area contributed by atoms with Crippen LogP contribution in [0.3, 0.4) is 0 Å². The predicted molar refractivity (Wildman–Crippen MR) is 41.4 cm³/mol. The summed E-state index contributed by atoms with van der Waals surface area (Å²) in [5.41, 5.74) is 2.73. The van der Waals surface area contributed by atoms with E-state index in [1.165, 1.54) is 0 Å². The van der Waals surface area contributed by atoms with E-state index in [4.69, 9.17) is 17.4 Å². The Hall–Kier alpha value is 0.210. The smallest absolute Gasteiger partial charge is 0.0224 e. The third kappa shape index (κ3) is 4.70. The second-order valence-corrected chi connectivity index (χ2v) is 2.48. The van der Waals surface area contributed by atoms with Crippen LogP contribution in [-0.2, 0) is 0 Å². The molecule has 0 amide bonds. The van der Waals surface area contributed by atoms with Crippen LogP contribution in [0.25, 0.3) is 0 Å². The van der Waals surface area contributed by atoms with Crippen LogP contribution in [0.5, 0.6) is 0 Å². The Morgan fingerprint density at radius 3 is 2.67 bits per heavy atom. The van der Waals surface area contributed by atoms with Crippen molar-refractivity contribution in [2.24, 2.45) is 5.84 Å². The maximum Gasteiger partial charge on any atom is 0.0224 e. The third-order valence-corrected chi connectivity index (χ3v) is 1.68. The lowest BCUT2D eigenvalue weighted by Gasteiger charge is -2.10. The highest BCUT2D eigenvalue weighted by atomic mass is 35.5. The molecule has 3 N–H and O–H groups in total. The number of nitrogens with two attached hydrogens (primary N) is 1. The van der Waals surface area contributed by atoms with E-state index in [2.05, 4.69) is 12.3 Å². The Balaban J connectivity index is 3.09. The molecule has 0 aliphatic heterocycles. The van der Waals surface area contributed by atoms with Crippen LogP contribution in [-0.4, -0.2) is 11.9 Å². The second-order valence-electron chi connectivity index (χ2n) is 2.10. The van der Waals surface area contributed by atoms with Gasteiger partial charge in [0, 0.05) is 11.9 Å². The molecule has 0 saturated heterocycles. The maximum absolute atomic E-state index is 5.49. The number of nitrogens with one attached hydrogen (secondary N) is 1. The molecule has 0 radical (unpaired) electrons. The second kappa shape index (κ2) is 6.33. The molecular weight excluding hydrogens is 136 g/mol. The van der Waals surface area contributed by atoms with E-state index in [0.717, 1.165) is 25.1 Å². The average molecular weight is 151 g/mol. The fourth-order valence-electron chi connectivity index (χ4n) is 0.729. The zero-order chi connectivity index (χ0) is 7.11. The Labute approximate surface area is 61.7 Å². The zero-order valence-corrected chi connectivity index (χ0v) is 6.62. The van der Waals surface area contributed by atoms with Crippen molar-refractivity contribution in [2.75, 3.05) is 5.88 Å². The van der Waals surface area contributed by atoms with Gasteiger partial charge in [0.2, 0.25) is 0 Å². The van der Waals surface area contributed by atoms with Crippen molar-refractivity contribution in [3.63, 3.8) is 0 Å². The summed E-state index contributed by atoms with van der Waals surface area (Å²) in [5.74, 6) is 5.97. The number of alkyl halides is 1. The SMILES string of the molecule is CCC(CCCCl)NN. The van der Waals surface area contributed by atoms with E-state index >= 15 is 0 Å². The zero-order valence-electron chi connectivity index (χ0n) is 5.86. The number of hydrazine groups is 1. The van der Waals surface area contributed by atoms with Crippen molar-refractivity contribution >= 4 is 11.6 Å². The first-order valence-corrected chi connectivity index (χ1v) is 3.90. The number of halogens is 1. The van der Waals surface area contributed by atoms with Crippen LogP contribution < -0.4 is 11.3 Å². The van der Waals surface area contributed by atoms with Crippen LogP contribution in [0, 0.1) is 0 Å². The fourth-order valence-corrected chi connectivity index (χ4v) is 0.883. The van der Waals surface area contributed by atoms with Gasteiger partial charge in [0.1, 0.15) is 0 Å². The highest BCUT2D eigenvalue weighted by Gasteiger charge is 2.00. The first-order chi connectivity index (χ1) is 4.35. The molecule has 0 heterocycles. The van der Waals surface area contributed by atoms with Crippen molar-refractivity contribution in [3.8, 4) is 0 Å². The van der Waals surface area contributed by atoms with Gasteiger partial charge in [0.25, 0.3) is 0 Å². The molecule has 9 heavy (non-hydrogen) atoms. The molecule has 1 unspecified atom stereocenters. The first kappa shape index (κ1) is 9.21. The third-order valence-electron chi connectivity index (χ3n) is 1.41. The summed E-state index contributed by atoms with van der Waals surface area (Å²) in [6.07, 6.45) is 3.20. The summed E-state index contributed by atoms with van der Waals surface area (Å²) >= 11 is 5.49. The van der Waals surface area contributed by atoms with Gasteiger partial charge in [-0.25, -0.2) is 0 Å². The molecule has 0 aromatic heterocycles. The van der Waals surface area contributed by atoms with Crippen LogP contribution in [0.15, 0.2) is 0 Å². The van der Waals surface area contributed by atoms with Gasteiger partial charge >= 0.3 is 0 Å². The van der Waals surface area contributed by atoms with Crippen molar-refractivity contribution in [3.05, 3.63) is 0 Å². The summed E-state index contributed by atoms with van der Waals surface area (Å²) in [4.78, 5) is 0. The summed E-state index contributed by atoms with van der Waals surface area (Å²) in [7, 11) is 0. The van der Waals surface area contributed by atoms with E-state index in [9.17, 15) is 0 Å². The van der Waals surface area contributed by atoms with Gasteiger partial charge in [-0.15, -0.1) is 11.6 Å². The van der Waals surface area contributed by atoms with Crippen LogP contribution in [0.1, 0.15) is 26.2 Å². The molecule has 0 aromatic rings. The predicted octanol–water partition coefficient (Wildman–Crippen LogP) is 1.25. The Kier molecular flexibility index (Phi) is 6.48. The fraction of sp³-hybridized carbons (Fsp3) is 1.00. The van der Waals surface area contributed by atoms with Gasteiger partial charge in [-0.2, -0.15) is 0 Å². The molecule has 0 aliphatic rings. The Morgan fingerprint density at radius 2 is 2.33 bits per heavy atom. The molecule has 2 nitrogen and oxygen atoms in total. The van der Waals surface area contributed by atoms with Gasteiger partial charge in [-0.05, 0) is 19.3 Å². The molecule has 0 fully saturated rings. The lowest BCUT2D eigenvalue weighted by Crippen LogP contribution is -2.34. The summed E-state index contributed by atoms with van der Waals surface area (Å²) in [6.45, 7) is 2.11. The Morgan fingerprint density at radius 1 is 1.67 bits per heavy atom. The standard InChI is InChI=1S/C6H15ClN2/c1-2-6(9-8)4-3-5-7/h6,9H,2-5,8H2,1H3. The van der Waals surface area contributed by atoms with Gasteiger partial charge in [-0.3, -0.25) is 11.3 Å². The molecule has 0 rings (SSSR count). The molecule has 0 aliphatic carbocycles. The van der Waals surface area contributed by atoms with E-state index in [-0.39, 0.29) is 0 Å². The van der Waals surface area contributed by atoms with E-state index < -0.39 is 0 Å². The van der Waals surface area contributed by atoms with Crippen molar-refractivity contribution < 1.29 is 0 Å². The van der Waals surface area contributed by atoms with E-state index in [1.807, 2.05) is 0 Å². The molecule has 3 heteroatoms. The molecule has 56 valence electrons. The van der Waals surface area contributed by atoms with Crippen molar-refractivity contribution in [1.82, 2.24) is 5.43 Å². The van der Waals surface area contributed by atoms with Gasteiger partial charge in [-0.1, -0.05) is 6.92 Å². The molecule has 0 aromatic carbocycles. The topological polar surface area (TPSA) is 38.0 Å². The van der Waals surface area contributed by atoms with Crippen molar-refractivity contribution in [2.45, 2.75) is 32.2 Å². The highest BCUT2D eigenvalue weighted by Crippen LogP contribution is 2.00. The largest absolute Gasteiger partial charge is 0.271 e. The molecular formula is C6H15ClN2. The number of hydrogen-bond acceptors (Lipinski definition) is 2. The van der Waals surface area contributed by atoms with E-state index in [0.29, 0.717) is 6.04 Å². The minimum Gasteiger partial charge on any atom is -0.271 e. The monoisotopic (exact) mass is 150 g/mol. The molecule has 0 bridgehead atoms. The van der Waals surface area contributed by atoms with Crippen molar-refractivity contribution in [1.29, 1.82) is 0 Å². The van der Waals surface area contributed by atoms with Gasteiger partial charge in [0.15, 0.2) is 0 Å². The summed E-state index contributed by atoms with van der Waals surface area (Å²) < 4.78 is 0. The molecule has 0 spiro atoms. The summed E-state index contributed by atoms with van der Waals surface area (Å²) in [6, 6.07) is 0.448. The van der Waals surface area contributed by atoms with Gasteiger partial charge in [0.05, 0.1) is 0 Å². The normalized spacial score (nSPS) is 13.7. The highest BCUT2D eigenvalue weighted by molar-refractivity contribution is 6.17. The van der Waals surface area contributed by atoms with E-state index in [1.54, 1.807) is 0 Å². The summed E-state index contributed by atoms with van der Waals surface area (Å²) in [5, 5.41) is 0. The van der Waals surface area contributed by atoms with Crippen LogP contribution in [0.2, 0.25) is 0 Å². The molecule has 1 atom stereocenters. The number of hydrogen-bond donors (Lipinski definition) is 2. The van der Waals surface area contributed by atoms with Gasteiger partial charge < -0.3 is 0 Å². The lowest BCUT2D eigenvalue weighted by molar-refractivity contribution is 0.477. The average Bonchev–Trinajstić information content (AvgIpc) is 1.91. The van der Waals surface area contributed by atoms with Crippen LogP contribution in [0.4, 0.5) is 0 Å². The minimum atomic E-state index is 0.448. The maximum atomic E-state index is 5.49. The quantitative estimate of drug-likeness (QED) is 0.352. The Bertz CT molecular complexity index is 55.0. The minimum absolute atomic E-state index is 0.448. The lowest BCUT2D eigenvalue weighted by atomic mass is 10.1. The van der Waals surface area contributed by atoms with Crippen LogP contribution >= 0.6 is 11.6 Å². The first-order valence-electron chi connectivity index (χ1n) is 3.37. The molecule has 0 saturated carbocycles.